The van der Waals surface area contributed by atoms with Crippen LogP contribution in [-0.4, -0.2) is 57.6 Å². The molecule has 0 aromatic carbocycles. The molecule has 0 spiro atoms. The number of pyridine rings is 1. The molecule has 3 aliphatic heterocycles. The van der Waals surface area contributed by atoms with Gasteiger partial charge in [-0.05, 0) is 12.1 Å². The number of nitrogens with two attached hydrogens (primary N) is 1. The molecule has 2 aromatic rings. The molecule has 0 radical (unpaired) electrons. The summed E-state index contributed by atoms with van der Waals surface area (Å²) in [4.78, 5) is 13.6. The number of piperazine rings is 3. The Morgan fingerprint density at radius 3 is 2.70 bits per heavy atom. The second-order valence-electron chi connectivity index (χ2n) is 5.29. The standard InChI is InChI=1S/C13H16N6O/c14-9-1-2-10(15-7-9)13-16-12(17-20-13)11-8-18-3-5-19(11)6-4-18/h1-2,7,11H,3-6,8,14H2. The van der Waals surface area contributed by atoms with Gasteiger partial charge < -0.3 is 10.3 Å². The quantitative estimate of drug-likeness (QED) is 0.846. The van der Waals surface area contributed by atoms with Crippen molar-refractivity contribution < 1.29 is 4.52 Å². The normalized spacial score (nSPS) is 28.7. The number of nitrogens with zero attached hydrogens (tertiary/aromatic N) is 5. The van der Waals surface area contributed by atoms with Gasteiger partial charge in [0.15, 0.2) is 5.82 Å². The minimum Gasteiger partial charge on any atom is -0.397 e. The van der Waals surface area contributed by atoms with E-state index < -0.39 is 0 Å². The first-order valence-corrected chi connectivity index (χ1v) is 6.81. The number of nitrogen functional groups attached to an aromatic ring is 1. The van der Waals surface area contributed by atoms with Crippen molar-refractivity contribution in [2.24, 2.45) is 0 Å². The number of anilines is 1. The van der Waals surface area contributed by atoms with Gasteiger partial charge in [-0.3, -0.25) is 9.80 Å². The van der Waals surface area contributed by atoms with E-state index in [1.54, 1.807) is 18.3 Å². The Morgan fingerprint density at radius 2 is 2.05 bits per heavy atom. The Labute approximate surface area is 116 Å². The summed E-state index contributed by atoms with van der Waals surface area (Å²) >= 11 is 0. The summed E-state index contributed by atoms with van der Waals surface area (Å²) < 4.78 is 5.34. The maximum absolute atomic E-state index is 5.63. The molecule has 7 nitrogen and oxygen atoms in total. The lowest BCUT2D eigenvalue weighted by Crippen LogP contribution is -2.57. The lowest BCUT2D eigenvalue weighted by Gasteiger charge is -2.46. The van der Waals surface area contributed by atoms with Crippen LogP contribution in [0.4, 0.5) is 5.69 Å². The molecule has 5 heterocycles. The fourth-order valence-electron chi connectivity index (χ4n) is 2.87. The predicted molar refractivity (Wildman–Crippen MR) is 72.7 cm³/mol. The van der Waals surface area contributed by atoms with E-state index in [1.165, 1.54) is 0 Å². The average molecular weight is 272 g/mol. The fraction of sp³-hybridized carbons (Fsp3) is 0.462. The Bertz CT molecular complexity index is 602. The van der Waals surface area contributed by atoms with Gasteiger partial charge in [-0.1, -0.05) is 5.16 Å². The second kappa shape index (κ2) is 4.53. The van der Waals surface area contributed by atoms with Crippen molar-refractivity contribution in [3.05, 3.63) is 24.2 Å². The van der Waals surface area contributed by atoms with Crippen LogP contribution in [0, 0.1) is 0 Å². The van der Waals surface area contributed by atoms with Crippen molar-refractivity contribution in [3.8, 4) is 11.6 Å². The lowest BCUT2D eigenvalue weighted by atomic mass is 10.1. The third-order valence-corrected chi connectivity index (χ3v) is 4.02. The molecule has 2 bridgehead atoms. The molecular formula is C13H16N6O. The highest BCUT2D eigenvalue weighted by atomic mass is 16.5. The Morgan fingerprint density at radius 1 is 1.20 bits per heavy atom. The average Bonchev–Trinajstić information content (AvgIpc) is 2.99. The summed E-state index contributed by atoms with van der Waals surface area (Å²) in [5.74, 6) is 1.21. The molecule has 1 atom stereocenters. The Balaban J connectivity index is 1.60. The Kier molecular flexibility index (Phi) is 2.68. The van der Waals surface area contributed by atoms with Gasteiger partial charge in [0.2, 0.25) is 0 Å². The largest absolute Gasteiger partial charge is 0.397 e. The van der Waals surface area contributed by atoms with Gasteiger partial charge in [-0.15, -0.1) is 0 Å². The van der Waals surface area contributed by atoms with Gasteiger partial charge in [0.05, 0.1) is 17.9 Å². The van der Waals surface area contributed by atoms with Crippen LogP contribution in [0.3, 0.4) is 0 Å². The smallest absolute Gasteiger partial charge is 0.276 e. The second-order valence-corrected chi connectivity index (χ2v) is 5.29. The number of fused-ring (bicyclic) bond motifs is 3. The van der Waals surface area contributed by atoms with Gasteiger partial charge in [-0.25, -0.2) is 4.98 Å². The summed E-state index contributed by atoms with van der Waals surface area (Å²) in [7, 11) is 0. The molecule has 7 heteroatoms. The van der Waals surface area contributed by atoms with E-state index in [0.29, 0.717) is 17.3 Å². The molecule has 3 aliphatic rings. The summed E-state index contributed by atoms with van der Waals surface area (Å²) in [6.07, 6.45) is 1.59. The van der Waals surface area contributed by atoms with E-state index in [-0.39, 0.29) is 6.04 Å². The monoisotopic (exact) mass is 272 g/mol. The van der Waals surface area contributed by atoms with Crippen LogP contribution >= 0.6 is 0 Å². The predicted octanol–water partition coefficient (Wildman–Crippen LogP) is 0.386. The molecule has 20 heavy (non-hydrogen) atoms. The molecule has 104 valence electrons. The molecule has 2 N–H and O–H groups in total. The van der Waals surface area contributed by atoms with Crippen LogP contribution in [0.2, 0.25) is 0 Å². The van der Waals surface area contributed by atoms with Crippen molar-refractivity contribution in [1.29, 1.82) is 0 Å². The van der Waals surface area contributed by atoms with Gasteiger partial charge in [0, 0.05) is 32.7 Å². The summed E-state index contributed by atoms with van der Waals surface area (Å²) in [6.45, 7) is 5.42. The Hall–Kier alpha value is -1.99. The van der Waals surface area contributed by atoms with E-state index in [0.717, 1.165) is 38.5 Å². The highest BCUT2D eigenvalue weighted by Gasteiger charge is 2.35. The first kappa shape index (κ1) is 11.8. The zero-order valence-corrected chi connectivity index (χ0v) is 11.1. The van der Waals surface area contributed by atoms with Crippen molar-refractivity contribution in [2.75, 3.05) is 38.5 Å². The molecule has 0 aliphatic carbocycles. The molecule has 1 unspecified atom stereocenters. The fourth-order valence-corrected chi connectivity index (χ4v) is 2.87. The summed E-state index contributed by atoms with van der Waals surface area (Å²) in [5, 5.41) is 4.13. The first-order valence-electron chi connectivity index (χ1n) is 6.81. The van der Waals surface area contributed by atoms with Crippen LogP contribution in [0.1, 0.15) is 11.9 Å². The summed E-state index contributed by atoms with van der Waals surface area (Å²) in [5.41, 5.74) is 6.91. The van der Waals surface area contributed by atoms with Gasteiger partial charge in [0.25, 0.3) is 5.89 Å². The van der Waals surface area contributed by atoms with Crippen molar-refractivity contribution in [3.63, 3.8) is 0 Å². The van der Waals surface area contributed by atoms with Crippen LogP contribution in [0.15, 0.2) is 22.9 Å². The summed E-state index contributed by atoms with van der Waals surface area (Å²) in [6, 6.07) is 3.82. The van der Waals surface area contributed by atoms with Gasteiger partial charge in [0.1, 0.15) is 5.69 Å². The van der Waals surface area contributed by atoms with Crippen LogP contribution in [0.25, 0.3) is 11.6 Å². The van der Waals surface area contributed by atoms with E-state index in [2.05, 4.69) is 24.9 Å². The van der Waals surface area contributed by atoms with Gasteiger partial charge in [-0.2, -0.15) is 4.98 Å². The number of rotatable bonds is 2. The molecule has 0 saturated carbocycles. The molecule has 3 saturated heterocycles. The molecule has 2 aromatic heterocycles. The lowest BCUT2D eigenvalue weighted by molar-refractivity contribution is 0.00781. The van der Waals surface area contributed by atoms with Gasteiger partial charge >= 0.3 is 0 Å². The first-order chi connectivity index (χ1) is 9.79. The zero-order valence-electron chi connectivity index (χ0n) is 11.1. The zero-order chi connectivity index (χ0) is 13.5. The number of hydrogen-bond donors (Lipinski definition) is 1. The minimum absolute atomic E-state index is 0.240. The molecule has 0 amide bonds. The van der Waals surface area contributed by atoms with E-state index in [9.17, 15) is 0 Å². The van der Waals surface area contributed by atoms with Crippen molar-refractivity contribution >= 4 is 5.69 Å². The number of aromatic nitrogens is 3. The number of hydrogen-bond acceptors (Lipinski definition) is 7. The maximum Gasteiger partial charge on any atom is 0.276 e. The van der Waals surface area contributed by atoms with E-state index >= 15 is 0 Å². The third kappa shape index (κ3) is 1.95. The molecular weight excluding hydrogens is 256 g/mol. The molecule has 5 rings (SSSR count). The van der Waals surface area contributed by atoms with Crippen molar-refractivity contribution in [2.45, 2.75) is 6.04 Å². The minimum atomic E-state index is 0.240. The maximum atomic E-state index is 5.63. The topological polar surface area (TPSA) is 84.3 Å². The SMILES string of the molecule is Nc1ccc(-c2nc(C3CN4CCN3CC4)no2)nc1. The van der Waals surface area contributed by atoms with Crippen LogP contribution < -0.4 is 5.73 Å². The third-order valence-electron chi connectivity index (χ3n) is 4.02. The highest BCUT2D eigenvalue weighted by molar-refractivity contribution is 5.50. The van der Waals surface area contributed by atoms with Crippen molar-refractivity contribution in [1.82, 2.24) is 24.9 Å². The van der Waals surface area contributed by atoms with Crippen LogP contribution in [0.5, 0.6) is 0 Å². The highest BCUT2D eigenvalue weighted by Crippen LogP contribution is 2.28. The van der Waals surface area contributed by atoms with E-state index in [1.807, 2.05) is 0 Å². The van der Waals surface area contributed by atoms with Crippen LogP contribution in [-0.2, 0) is 0 Å². The molecule has 3 fully saturated rings. The van der Waals surface area contributed by atoms with E-state index in [4.69, 9.17) is 10.3 Å².